The van der Waals surface area contributed by atoms with Gasteiger partial charge in [0.25, 0.3) is 0 Å². The number of aryl methyl sites for hydroxylation is 1. The number of imidazole rings is 1. The van der Waals surface area contributed by atoms with E-state index in [9.17, 15) is 13.2 Å². The Labute approximate surface area is 221 Å². The van der Waals surface area contributed by atoms with Crippen molar-refractivity contribution >= 4 is 5.69 Å². The minimum atomic E-state index is -4.35. The van der Waals surface area contributed by atoms with Crippen LogP contribution in [-0.4, -0.2) is 59.2 Å². The molecule has 0 saturated carbocycles. The molecule has 2 aliphatic heterocycles. The first-order chi connectivity index (χ1) is 18.2. The van der Waals surface area contributed by atoms with Gasteiger partial charge in [0, 0.05) is 62.8 Å². The van der Waals surface area contributed by atoms with Gasteiger partial charge in [-0.05, 0) is 43.5 Å². The van der Waals surface area contributed by atoms with E-state index in [4.69, 9.17) is 9.72 Å². The molecule has 0 aliphatic carbocycles. The number of ether oxygens (including phenoxy) is 1. The number of para-hydroxylation sites is 1. The Hall–Kier alpha value is -3.30. The lowest BCUT2D eigenvalue weighted by atomic mass is 9.99. The van der Waals surface area contributed by atoms with Crippen LogP contribution >= 0.6 is 0 Å². The van der Waals surface area contributed by atoms with Crippen molar-refractivity contribution in [1.82, 2.24) is 19.8 Å². The number of halogens is 3. The molecule has 3 aromatic rings. The number of aromatic amines is 1. The molecule has 202 valence electrons. The molecule has 2 aliphatic rings. The van der Waals surface area contributed by atoms with Crippen molar-refractivity contribution in [2.75, 3.05) is 38.3 Å². The van der Waals surface area contributed by atoms with Gasteiger partial charge in [-0.25, -0.2) is 4.98 Å². The van der Waals surface area contributed by atoms with E-state index in [1.165, 1.54) is 23.4 Å². The van der Waals surface area contributed by atoms with Gasteiger partial charge in [-0.3, -0.25) is 4.90 Å². The summed E-state index contributed by atoms with van der Waals surface area (Å²) in [6.45, 7) is 11.3. The van der Waals surface area contributed by atoms with Gasteiger partial charge >= 0.3 is 6.18 Å². The fourth-order valence-electron chi connectivity index (χ4n) is 5.45. The second-order valence-electron chi connectivity index (χ2n) is 10.1. The number of alkyl halides is 3. The first kappa shape index (κ1) is 26.3. The third-order valence-electron chi connectivity index (χ3n) is 7.63. The molecule has 0 amide bonds. The summed E-state index contributed by atoms with van der Waals surface area (Å²) in [5.74, 6) is 1.63. The van der Waals surface area contributed by atoms with Crippen molar-refractivity contribution in [2.24, 2.45) is 0 Å². The molecule has 0 atom stereocenters. The van der Waals surface area contributed by atoms with Crippen LogP contribution in [0.15, 0.2) is 60.9 Å². The molecule has 0 spiro atoms. The van der Waals surface area contributed by atoms with Gasteiger partial charge in [0.2, 0.25) is 0 Å². The van der Waals surface area contributed by atoms with Crippen LogP contribution in [-0.2, 0) is 24.0 Å². The number of fused-ring (bicyclic) bond motifs is 1. The lowest BCUT2D eigenvalue weighted by Crippen LogP contribution is -2.49. The largest absolute Gasteiger partial charge is 0.416 e. The van der Waals surface area contributed by atoms with Gasteiger partial charge in [0.15, 0.2) is 0 Å². The van der Waals surface area contributed by atoms with E-state index >= 15 is 0 Å². The van der Waals surface area contributed by atoms with Gasteiger partial charge in [0.1, 0.15) is 11.6 Å². The fraction of sp³-hybridized carbons (Fsp3) is 0.414. The molecule has 1 N–H and O–H groups in total. The van der Waals surface area contributed by atoms with Crippen LogP contribution in [0.4, 0.5) is 18.9 Å². The number of hydrogen-bond donors (Lipinski definition) is 1. The summed E-state index contributed by atoms with van der Waals surface area (Å²) >= 11 is 0. The number of aromatic nitrogens is 2. The molecule has 6 nitrogen and oxygen atoms in total. The van der Waals surface area contributed by atoms with Crippen molar-refractivity contribution in [1.29, 1.82) is 0 Å². The highest BCUT2D eigenvalue weighted by Crippen LogP contribution is 2.36. The number of likely N-dealkylation sites (tertiary alicyclic amines) is 1. The Morgan fingerprint density at radius 3 is 2.47 bits per heavy atom. The maximum absolute atomic E-state index is 12.9. The third kappa shape index (κ3) is 5.44. The molecule has 38 heavy (non-hydrogen) atoms. The lowest BCUT2D eigenvalue weighted by molar-refractivity contribution is -0.137. The number of anilines is 1. The molecule has 3 heterocycles. The van der Waals surface area contributed by atoms with Gasteiger partial charge in [-0.15, -0.1) is 0 Å². The molecule has 1 fully saturated rings. The first-order valence-electron chi connectivity index (χ1n) is 13.0. The molecule has 9 heteroatoms. The summed E-state index contributed by atoms with van der Waals surface area (Å²) in [7, 11) is 1.72. The summed E-state index contributed by atoms with van der Waals surface area (Å²) in [6.07, 6.45) is -2.30. The molecule has 1 aromatic heterocycles. The molecule has 0 unspecified atom stereocenters. The monoisotopic (exact) mass is 525 g/mol. The van der Waals surface area contributed by atoms with E-state index < -0.39 is 11.7 Å². The predicted octanol–water partition coefficient (Wildman–Crippen LogP) is 5.81. The average Bonchev–Trinajstić information content (AvgIpc) is 3.28. The number of nitrogens with zero attached hydrogens (tertiary/aromatic N) is 4. The number of piperidine rings is 1. The summed E-state index contributed by atoms with van der Waals surface area (Å²) in [5, 5.41) is 0. The maximum Gasteiger partial charge on any atom is 0.416 e. The highest BCUT2D eigenvalue weighted by molar-refractivity contribution is 5.60. The quantitative estimate of drug-likeness (QED) is 0.422. The second kappa shape index (κ2) is 10.8. The van der Waals surface area contributed by atoms with Crippen LogP contribution in [0.25, 0.3) is 11.4 Å². The number of benzene rings is 2. The van der Waals surface area contributed by atoms with Crippen LogP contribution < -0.4 is 4.90 Å². The Balaban J connectivity index is 1.22. The van der Waals surface area contributed by atoms with Crippen molar-refractivity contribution in [3.05, 3.63) is 83.4 Å². The van der Waals surface area contributed by atoms with E-state index in [0.29, 0.717) is 30.6 Å². The summed E-state index contributed by atoms with van der Waals surface area (Å²) in [5.41, 5.74) is 4.38. The fourth-order valence-corrected chi connectivity index (χ4v) is 5.45. The van der Waals surface area contributed by atoms with E-state index in [1.54, 1.807) is 7.11 Å². The van der Waals surface area contributed by atoms with Gasteiger partial charge in [-0.1, -0.05) is 36.9 Å². The van der Waals surface area contributed by atoms with Crippen LogP contribution in [0.5, 0.6) is 0 Å². The van der Waals surface area contributed by atoms with Gasteiger partial charge < -0.3 is 19.5 Å². The van der Waals surface area contributed by atoms with Crippen molar-refractivity contribution in [3.63, 3.8) is 0 Å². The van der Waals surface area contributed by atoms with E-state index in [-0.39, 0.29) is 0 Å². The Morgan fingerprint density at radius 1 is 1.08 bits per heavy atom. The van der Waals surface area contributed by atoms with Gasteiger partial charge in [-0.2, -0.15) is 13.2 Å². The zero-order valence-electron chi connectivity index (χ0n) is 21.9. The zero-order valence-corrected chi connectivity index (χ0v) is 21.9. The normalized spacial score (nSPS) is 17.2. The topological polar surface area (TPSA) is 47.6 Å². The smallest absolute Gasteiger partial charge is 0.383 e. The minimum absolute atomic E-state index is 0.403. The van der Waals surface area contributed by atoms with E-state index in [1.807, 2.05) is 6.92 Å². The first-order valence-corrected chi connectivity index (χ1v) is 13.0. The highest BCUT2D eigenvalue weighted by atomic mass is 19.4. The van der Waals surface area contributed by atoms with Crippen molar-refractivity contribution < 1.29 is 17.9 Å². The molecule has 1 saturated heterocycles. The van der Waals surface area contributed by atoms with E-state index in [2.05, 4.69) is 50.5 Å². The van der Waals surface area contributed by atoms with Crippen molar-refractivity contribution in [3.8, 4) is 11.4 Å². The third-order valence-corrected chi connectivity index (χ3v) is 7.63. The van der Waals surface area contributed by atoms with Crippen LogP contribution in [0.1, 0.15) is 35.4 Å². The molecule has 5 rings (SSSR count). The summed E-state index contributed by atoms with van der Waals surface area (Å²) in [4.78, 5) is 15.1. The van der Waals surface area contributed by atoms with Crippen LogP contribution in [0.2, 0.25) is 0 Å². The molecule has 0 bridgehead atoms. The van der Waals surface area contributed by atoms with Crippen LogP contribution in [0.3, 0.4) is 0 Å². The zero-order chi connectivity index (χ0) is 26.9. The standard InChI is InChI=1S/C29H34F3N5O/c1-20-26(34-28(33-20)22-8-10-24(11-9-22)29(30,31)32)19-35-14-12-25(13-15-35)37-18-23-6-4-5-7-27(23)36(21(37)2)16-17-38-3/h4-11,25H,2,12-19H2,1,3H3,(H,33,34). The Bertz CT molecular complexity index is 1260. The number of rotatable bonds is 7. The highest BCUT2D eigenvalue weighted by Gasteiger charge is 2.33. The van der Waals surface area contributed by atoms with Crippen LogP contribution in [0, 0.1) is 6.92 Å². The number of hydrogen-bond acceptors (Lipinski definition) is 5. The Kier molecular flexibility index (Phi) is 7.49. The molecular formula is C29H34F3N5O. The lowest BCUT2D eigenvalue weighted by Gasteiger charge is -2.47. The Morgan fingerprint density at radius 2 is 1.79 bits per heavy atom. The molecular weight excluding hydrogens is 491 g/mol. The van der Waals surface area contributed by atoms with Gasteiger partial charge in [0.05, 0.1) is 17.9 Å². The SMILES string of the molecule is C=C1N(CCOC)c2ccccc2CN1C1CCN(Cc2nc(-c3ccc(C(F)(F)F)cc3)[nH]c2C)CC1. The second-order valence-corrected chi connectivity index (χ2v) is 10.1. The molecule has 0 radical (unpaired) electrons. The summed E-state index contributed by atoms with van der Waals surface area (Å²) < 4.78 is 44.1. The minimum Gasteiger partial charge on any atom is -0.383 e. The number of nitrogens with one attached hydrogen (secondary N) is 1. The predicted molar refractivity (Wildman–Crippen MR) is 142 cm³/mol. The summed E-state index contributed by atoms with van der Waals surface area (Å²) in [6, 6.07) is 14.0. The van der Waals surface area contributed by atoms with E-state index in [0.717, 1.165) is 68.4 Å². The average molecular weight is 526 g/mol. The number of methoxy groups -OCH3 is 1. The maximum atomic E-state index is 12.9. The van der Waals surface area contributed by atoms with Crippen molar-refractivity contribution in [2.45, 2.75) is 45.1 Å². The number of H-pyrrole nitrogens is 1. The molecule has 2 aromatic carbocycles.